The van der Waals surface area contributed by atoms with Gasteiger partial charge >= 0.3 is 0 Å². The Morgan fingerprint density at radius 1 is 1.52 bits per heavy atom. The Balaban J connectivity index is 1.74. The third-order valence-corrected chi connectivity index (χ3v) is 3.75. The molecule has 6 heteroatoms. The number of nitrogens with two attached hydrogens (primary N) is 1. The van der Waals surface area contributed by atoms with Gasteiger partial charge in [0, 0.05) is 18.6 Å². The summed E-state index contributed by atoms with van der Waals surface area (Å²) in [5, 5.41) is 0.629. The van der Waals surface area contributed by atoms with Crippen molar-refractivity contribution in [3.8, 4) is 5.75 Å². The topological polar surface area (TPSA) is 64.8 Å². The quantitative estimate of drug-likeness (QED) is 0.868. The second-order valence-electron chi connectivity index (χ2n) is 5.13. The zero-order valence-electron chi connectivity index (χ0n) is 12.1. The fraction of sp³-hybridized carbons (Fsp3) is 0.533. The highest BCUT2D eigenvalue weighted by Gasteiger charge is 2.31. The van der Waals surface area contributed by atoms with Crippen LogP contribution in [-0.2, 0) is 9.53 Å². The molecule has 1 amide bonds. The van der Waals surface area contributed by atoms with Gasteiger partial charge in [-0.1, -0.05) is 17.7 Å². The maximum atomic E-state index is 12.2. The Bertz CT molecular complexity index is 484. The van der Waals surface area contributed by atoms with Gasteiger partial charge in [-0.15, -0.1) is 0 Å². The van der Waals surface area contributed by atoms with E-state index in [2.05, 4.69) is 0 Å². The molecule has 0 spiro atoms. The molecule has 0 unspecified atom stereocenters. The van der Waals surface area contributed by atoms with E-state index in [9.17, 15) is 4.79 Å². The standard InChI is InChI=1S/C15H21ClN2O3/c1-18(15(19)14-6-5-13(10-17)21-14)7-8-20-12-4-2-3-11(16)9-12/h2-4,9,13-14H,5-8,10,17H2,1H3/t13-,14+/m1/s1. The maximum absolute atomic E-state index is 12.2. The number of amides is 1. The summed E-state index contributed by atoms with van der Waals surface area (Å²) in [7, 11) is 1.75. The van der Waals surface area contributed by atoms with Crippen molar-refractivity contribution in [1.82, 2.24) is 4.90 Å². The number of hydrogen-bond donors (Lipinski definition) is 1. The van der Waals surface area contributed by atoms with Gasteiger partial charge in [-0.05, 0) is 31.0 Å². The molecule has 0 radical (unpaired) electrons. The van der Waals surface area contributed by atoms with Gasteiger partial charge in [0.25, 0.3) is 5.91 Å². The van der Waals surface area contributed by atoms with Crippen LogP contribution in [0.1, 0.15) is 12.8 Å². The van der Waals surface area contributed by atoms with E-state index < -0.39 is 0 Å². The third-order valence-electron chi connectivity index (χ3n) is 3.51. The summed E-state index contributed by atoms with van der Waals surface area (Å²) in [6.07, 6.45) is 1.23. The van der Waals surface area contributed by atoms with Crippen molar-refractivity contribution >= 4 is 17.5 Å². The van der Waals surface area contributed by atoms with Crippen molar-refractivity contribution in [3.63, 3.8) is 0 Å². The molecule has 116 valence electrons. The van der Waals surface area contributed by atoms with Crippen molar-refractivity contribution in [3.05, 3.63) is 29.3 Å². The average Bonchev–Trinajstić information content (AvgIpc) is 2.95. The first-order chi connectivity index (χ1) is 10.1. The van der Waals surface area contributed by atoms with E-state index in [-0.39, 0.29) is 18.1 Å². The van der Waals surface area contributed by atoms with E-state index in [1.807, 2.05) is 12.1 Å². The summed E-state index contributed by atoms with van der Waals surface area (Å²) in [5.74, 6) is 0.685. The smallest absolute Gasteiger partial charge is 0.251 e. The number of benzene rings is 1. The molecule has 1 aliphatic heterocycles. The fourth-order valence-electron chi connectivity index (χ4n) is 2.27. The Kier molecular flexibility index (Phi) is 5.85. The summed E-state index contributed by atoms with van der Waals surface area (Å²) in [6.45, 7) is 1.37. The number of halogens is 1. The molecule has 1 saturated heterocycles. The van der Waals surface area contributed by atoms with E-state index >= 15 is 0 Å². The molecular weight excluding hydrogens is 292 g/mol. The zero-order valence-corrected chi connectivity index (χ0v) is 12.9. The molecule has 2 N–H and O–H groups in total. The summed E-state index contributed by atoms with van der Waals surface area (Å²) in [5.41, 5.74) is 5.55. The van der Waals surface area contributed by atoms with Crippen LogP contribution in [0.3, 0.4) is 0 Å². The Labute approximate surface area is 130 Å². The molecule has 0 saturated carbocycles. The van der Waals surface area contributed by atoms with Gasteiger partial charge in [0.1, 0.15) is 18.5 Å². The fourth-order valence-corrected chi connectivity index (χ4v) is 2.45. The monoisotopic (exact) mass is 312 g/mol. The van der Waals surface area contributed by atoms with Crippen molar-refractivity contribution in [2.75, 3.05) is 26.7 Å². The summed E-state index contributed by atoms with van der Waals surface area (Å²) < 4.78 is 11.2. The van der Waals surface area contributed by atoms with Crippen LogP contribution in [0, 0.1) is 0 Å². The Hall–Kier alpha value is -1.30. The van der Waals surface area contributed by atoms with Gasteiger partial charge < -0.3 is 20.1 Å². The lowest BCUT2D eigenvalue weighted by atomic mass is 10.2. The van der Waals surface area contributed by atoms with Crippen molar-refractivity contribution in [2.24, 2.45) is 5.73 Å². The number of carbonyl (C=O) groups is 1. The summed E-state index contributed by atoms with van der Waals surface area (Å²) in [4.78, 5) is 13.8. The molecule has 21 heavy (non-hydrogen) atoms. The number of hydrogen-bond acceptors (Lipinski definition) is 4. The van der Waals surface area contributed by atoms with E-state index in [1.165, 1.54) is 0 Å². The van der Waals surface area contributed by atoms with E-state index in [0.29, 0.717) is 30.5 Å². The van der Waals surface area contributed by atoms with Crippen LogP contribution < -0.4 is 10.5 Å². The maximum Gasteiger partial charge on any atom is 0.251 e. The van der Waals surface area contributed by atoms with Gasteiger partial charge in [0.15, 0.2) is 0 Å². The highest BCUT2D eigenvalue weighted by molar-refractivity contribution is 6.30. The molecule has 0 aliphatic carbocycles. The van der Waals surface area contributed by atoms with Crippen molar-refractivity contribution in [2.45, 2.75) is 25.0 Å². The van der Waals surface area contributed by atoms with Crippen molar-refractivity contribution < 1.29 is 14.3 Å². The minimum Gasteiger partial charge on any atom is -0.492 e. The molecule has 5 nitrogen and oxygen atoms in total. The third kappa shape index (κ3) is 4.59. The van der Waals surface area contributed by atoms with E-state index in [0.717, 1.165) is 12.8 Å². The first-order valence-corrected chi connectivity index (χ1v) is 7.47. The lowest BCUT2D eigenvalue weighted by Gasteiger charge is -2.21. The molecular formula is C15H21ClN2O3. The first kappa shape index (κ1) is 16.1. The number of ether oxygens (including phenoxy) is 2. The van der Waals surface area contributed by atoms with E-state index in [1.54, 1.807) is 24.1 Å². The largest absolute Gasteiger partial charge is 0.492 e. The molecule has 2 atom stereocenters. The lowest BCUT2D eigenvalue weighted by Crippen LogP contribution is -2.39. The Morgan fingerprint density at radius 3 is 3.00 bits per heavy atom. The second kappa shape index (κ2) is 7.64. The predicted octanol–water partition coefficient (Wildman–Crippen LogP) is 1.68. The van der Waals surface area contributed by atoms with Gasteiger partial charge in [-0.2, -0.15) is 0 Å². The molecule has 1 fully saturated rings. The van der Waals surface area contributed by atoms with Crippen LogP contribution in [0.5, 0.6) is 5.75 Å². The van der Waals surface area contributed by atoms with E-state index in [4.69, 9.17) is 26.8 Å². The van der Waals surface area contributed by atoms with Crippen molar-refractivity contribution in [1.29, 1.82) is 0 Å². The summed E-state index contributed by atoms with van der Waals surface area (Å²) in [6, 6.07) is 7.19. The van der Waals surface area contributed by atoms with Gasteiger partial charge in [-0.25, -0.2) is 0 Å². The van der Waals surface area contributed by atoms with Crippen LogP contribution in [0.2, 0.25) is 5.02 Å². The summed E-state index contributed by atoms with van der Waals surface area (Å²) >= 11 is 5.88. The highest BCUT2D eigenvalue weighted by Crippen LogP contribution is 2.20. The van der Waals surface area contributed by atoms with Crippen LogP contribution in [0.25, 0.3) is 0 Å². The lowest BCUT2D eigenvalue weighted by molar-refractivity contribution is -0.141. The minimum absolute atomic E-state index is 0.00932. The average molecular weight is 313 g/mol. The highest BCUT2D eigenvalue weighted by atomic mass is 35.5. The Morgan fingerprint density at radius 2 is 2.33 bits per heavy atom. The second-order valence-corrected chi connectivity index (χ2v) is 5.56. The van der Waals surface area contributed by atoms with Gasteiger partial charge in [0.05, 0.1) is 12.6 Å². The van der Waals surface area contributed by atoms with Crippen LogP contribution in [0.4, 0.5) is 0 Å². The normalized spacial score (nSPS) is 21.3. The minimum atomic E-state index is -0.366. The molecule has 1 heterocycles. The predicted molar refractivity (Wildman–Crippen MR) is 81.5 cm³/mol. The molecule has 0 aromatic heterocycles. The molecule has 0 bridgehead atoms. The molecule has 1 aromatic rings. The van der Waals surface area contributed by atoms with Crippen LogP contribution in [0.15, 0.2) is 24.3 Å². The molecule has 2 rings (SSSR count). The van der Waals surface area contributed by atoms with Crippen LogP contribution in [-0.4, -0.2) is 49.8 Å². The molecule has 1 aromatic carbocycles. The number of carbonyl (C=O) groups excluding carboxylic acids is 1. The first-order valence-electron chi connectivity index (χ1n) is 7.09. The molecule has 1 aliphatic rings. The van der Waals surface area contributed by atoms with Gasteiger partial charge in [0.2, 0.25) is 0 Å². The number of likely N-dealkylation sites (N-methyl/N-ethyl adjacent to an activating group) is 1. The van der Waals surface area contributed by atoms with Gasteiger partial charge in [-0.3, -0.25) is 4.79 Å². The van der Waals surface area contributed by atoms with Crippen LogP contribution >= 0.6 is 11.6 Å². The number of nitrogens with zero attached hydrogens (tertiary/aromatic N) is 1. The number of rotatable bonds is 6. The SMILES string of the molecule is CN(CCOc1cccc(Cl)c1)C(=O)[C@@H]1CC[C@H](CN)O1. The zero-order chi connectivity index (χ0) is 15.2.